The highest BCUT2D eigenvalue weighted by atomic mass is 127. The van der Waals surface area contributed by atoms with Gasteiger partial charge in [-0.3, -0.25) is 14.7 Å². The minimum absolute atomic E-state index is 0. The first kappa shape index (κ1) is 32.2. The summed E-state index contributed by atoms with van der Waals surface area (Å²) in [6.45, 7) is 0. The van der Waals surface area contributed by atoms with Crippen LogP contribution in [-0.4, -0.2) is 29.5 Å². The summed E-state index contributed by atoms with van der Waals surface area (Å²) in [6, 6.07) is 32.5. The maximum atomic E-state index is 4.52. The van der Waals surface area contributed by atoms with Crippen molar-refractivity contribution in [3.8, 4) is 5.69 Å². The predicted octanol–water partition coefficient (Wildman–Crippen LogP) is 10.3. The van der Waals surface area contributed by atoms with Crippen LogP contribution < -0.4 is 0 Å². The molecule has 1 N–H and O–H groups in total. The number of pyridine rings is 4. The number of para-hydroxylation sites is 2. The lowest BCUT2D eigenvalue weighted by Gasteiger charge is -2.06. The van der Waals surface area contributed by atoms with Crippen molar-refractivity contribution in [1.29, 1.82) is 0 Å². The van der Waals surface area contributed by atoms with Crippen molar-refractivity contribution in [1.82, 2.24) is 29.5 Å². The molecule has 0 amide bonds. The fourth-order valence-corrected chi connectivity index (χ4v) is 5.37. The highest BCUT2D eigenvalue weighted by Gasteiger charge is 2.12. The average molecular weight is 812 g/mol. The number of benzene rings is 2. The first-order chi connectivity index (χ1) is 20.1. The maximum Gasteiger partial charge on any atom is 0.106 e. The van der Waals surface area contributed by atoms with Crippen LogP contribution in [0.15, 0.2) is 131 Å². The summed E-state index contributed by atoms with van der Waals surface area (Å²) in [5.41, 5.74) is 7.60. The van der Waals surface area contributed by atoms with Gasteiger partial charge in [0.1, 0.15) is 9.21 Å². The number of aromatic nitrogens is 6. The van der Waals surface area contributed by atoms with E-state index in [1.165, 1.54) is 5.39 Å². The Morgan fingerprint density at radius 3 is 1.88 bits per heavy atom. The number of H-pyrrole nitrogens is 1. The Labute approximate surface area is 278 Å². The number of aromatic amines is 1. The van der Waals surface area contributed by atoms with E-state index in [-0.39, 0.29) is 12.1 Å². The number of rotatable bonds is 1. The molecular formula is C33H26Br2FIN6. The van der Waals surface area contributed by atoms with E-state index >= 15 is 0 Å². The van der Waals surface area contributed by atoms with Crippen LogP contribution in [-0.2, 0) is 0 Å². The lowest BCUT2D eigenvalue weighted by Crippen LogP contribution is -1.94. The molecule has 6 heterocycles. The van der Waals surface area contributed by atoms with Crippen molar-refractivity contribution < 1.29 is 4.70 Å². The van der Waals surface area contributed by atoms with E-state index in [1.54, 1.807) is 0 Å². The van der Waals surface area contributed by atoms with Gasteiger partial charge in [-0.25, -0.2) is 9.97 Å². The minimum atomic E-state index is 0. The zero-order valence-corrected chi connectivity index (χ0v) is 27.2. The number of nitrogens with one attached hydrogen (secondary N) is 1. The molecule has 0 aliphatic heterocycles. The Hall–Kier alpha value is -3.74. The average Bonchev–Trinajstić information content (AvgIpc) is 3.56. The lowest BCUT2D eigenvalue weighted by molar-refractivity contribution is 1.11. The van der Waals surface area contributed by atoms with Gasteiger partial charge in [-0.05, 0) is 115 Å². The normalized spacial score (nSPS) is 10.3. The van der Waals surface area contributed by atoms with Crippen molar-refractivity contribution in [3.63, 3.8) is 0 Å². The summed E-state index contributed by atoms with van der Waals surface area (Å²) in [5, 5.41) is 2.35. The maximum absolute atomic E-state index is 4.52. The van der Waals surface area contributed by atoms with E-state index in [2.05, 4.69) is 120 Å². The third-order valence-corrected chi connectivity index (χ3v) is 7.92. The van der Waals surface area contributed by atoms with Crippen molar-refractivity contribution in [2.45, 2.75) is 7.43 Å². The fraction of sp³-hybridized carbons (Fsp3) is 0.0303. The third kappa shape index (κ3) is 7.09. The van der Waals surface area contributed by atoms with Gasteiger partial charge in [0.25, 0.3) is 0 Å². The van der Waals surface area contributed by atoms with Gasteiger partial charge in [0.05, 0.1) is 39.5 Å². The second-order valence-corrected chi connectivity index (χ2v) is 11.8. The zero-order chi connectivity index (χ0) is 28.2. The van der Waals surface area contributed by atoms with Crippen LogP contribution in [0.4, 0.5) is 4.70 Å². The topological polar surface area (TPSA) is 72.3 Å². The van der Waals surface area contributed by atoms with Gasteiger partial charge >= 0.3 is 0 Å². The van der Waals surface area contributed by atoms with E-state index in [0.717, 1.165) is 57.0 Å². The zero-order valence-electron chi connectivity index (χ0n) is 21.8. The van der Waals surface area contributed by atoms with Crippen LogP contribution in [0.5, 0.6) is 0 Å². The van der Waals surface area contributed by atoms with Crippen molar-refractivity contribution >= 4 is 98.3 Å². The SMILES string of the molecule is Brc1ccc(-n2c3ccccc3c3ncccc32)cn1.Brc1ccc(I)cn1.C.F.c1ccc2c(c1)[nH]c1cccnc12. The highest BCUT2D eigenvalue weighted by molar-refractivity contribution is 14.1. The molecule has 0 unspecified atom stereocenters. The van der Waals surface area contributed by atoms with Crippen LogP contribution in [0, 0.1) is 3.57 Å². The van der Waals surface area contributed by atoms with E-state index in [9.17, 15) is 0 Å². The Kier molecular flexibility index (Phi) is 10.9. The molecule has 0 saturated carbocycles. The molecule has 0 bridgehead atoms. The van der Waals surface area contributed by atoms with Gasteiger partial charge in [-0.2, -0.15) is 0 Å². The Morgan fingerprint density at radius 1 is 0.581 bits per heavy atom. The second kappa shape index (κ2) is 14.6. The Morgan fingerprint density at radius 2 is 1.19 bits per heavy atom. The van der Waals surface area contributed by atoms with Gasteiger partial charge in [0, 0.05) is 38.4 Å². The molecule has 0 radical (unpaired) electrons. The molecule has 43 heavy (non-hydrogen) atoms. The molecule has 8 aromatic rings. The van der Waals surface area contributed by atoms with Gasteiger partial charge in [0.15, 0.2) is 0 Å². The molecular weight excluding hydrogens is 786 g/mol. The van der Waals surface area contributed by atoms with E-state index in [0.29, 0.717) is 0 Å². The fourth-order valence-electron chi connectivity index (χ4n) is 4.58. The first-order valence-electron chi connectivity index (χ1n) is 12.6. The van der Waals surface area contributed by atoms with Gasteiger partial charge in [-0.1, -0.05) is 43.8 Å². The predicted molar refractivity (Wildman–Crippen MR) is 192 cm³/mol. The van der Waals surface area contributed by atoms with Gasteiger partial charge < -0.3 is 9.55 Å². The van der Waals surface area contributed by atoms with Crippen molar-refractivity contribution in [2.24, 2.45) is 0 Å². The first-order valence-corrected chi connectivity index (χ1v) is 15.3. The monoisotopic (exact) mass is 810 g/mol. The Bertz CT molecular complexity index is 1970. The van der Waals surface area contributed by atoms with Crippen LogP contribution in [0.3, 0.4) is 0 Å². The molecule has 8 rings (SSSR count). The van der Waals surface area contributed by atoms with E-state index in [4.69, 9.17) is 0 Å². The van der Waals surface area contributed by atoms with Crippen molar-refractivity contribution in [3.05, 3.63) is 135 Å². The van der Waals surface area contributed by atoms with E-state index in [1.807, 2.05) is 85.5 Å². The lowest BCUT2D eigenvalue weighted by atomic mass is 10.2. The van der Waals surface area contributed by atoms with E-state index < -0.39 is 0 Å². The summed E-state index contributed by atoms with van der Waals surface area (Å²) < 4.78 is 5.07. The number of nitrogens with zero attached hydrogens (tertiary/aromatic N) is 5. The van der Waals surface area contributed by atoms with Crippen LogP contribution in [0.25, 0.3) is 49.6 Å². The van der Waals surface area contributed by atoms with Crippen molar-refractivity contribution in [2.75, 3.05) is 0 Å². The smallest absolute Gasteiger partial charge is 0.106 e. The van der Waals surface area contributed by atoms with Crippen LogP contribution >= 0.6 is 54.5 Å². The molecule has 0 saturated heterocycles. The highest BCUT2D eigenvalue weighted by Crippen LogP contribution is 2.30. The van der Waals surface area contributed by atoms with Crippen LogP contribution in [0.2, 0.25) is 0 Å². The number of hydrogen-bond acceptors (Lipinski definition) is 4. The second-order valence-electron chi connectivity index (χ2n) is 8.93. The minimum Gasteiger partial charge on any atom is -0.353 e. The molecule has 10 heteroatoms. The molecule has 216 valence electrons. The Balaban J connectivity index is 0.000000159. The molecule has 0 aliphatic rings. The molecule has 6 nitrogen and oxygen atoms in total. The summed E-state index contributed by atoms with van der Waals surface area (Å²) >= 11 is 8.82. The summed E-state index contributed by atoms with van der Waals surface area (Å²) in [5.74, 6) is 0. The third-order valence-electron chi connectivity index (χ3n) is 6.35. The number of fused-ring (bicyclic) bond motifs is 6. The number of hydrogen-bond donors (Lipinski definition) is 1. The van der Waals surface area contributed by atoms with Gasteiger partial charge in [0.2, 0.25) is 0 Å². The summed E-state index contributed by atoms with van der Waals surface area (Å²) in [6.07, 6.45) is 7.33. The van der Waals surface area contributed by atoms with Gasteiger partial charge in [-0.15, -0.1) is 0 Å². The molecule has 0 spiro atoms. The summed E-state index contributed by atoms with van der Waals surface area (Å²) in [7, 11) is 0. The largest absolute Gasteiger partial charge is 0.353 e. The molecule has 0 atom stereocenters. The quantitative estimate of drug-likeness (QED) is 0.132. The molecule has 6 aromatic heterocycles. The standard InChI is InChI=1S/C16H10BrN3.C11H8N2.C5H3BrIN.CH4.FH/c17-15-8-7-11(10-19-15)20-13-5-2-1-4-12(13)16-14(20)6-3-9-18-16;1-2-5-9-8(4-1)11-10(13-9)6-3-7-12-11;6-5-2-1-4(7)3-8-5;;/h1-10H;1-7,13H;1-3H;1H4;1H. The molecule has 2 aromatic carbocycles. The number of halogens is 4. The molecule has 0 fully saturated rings. The molecule has 0 aliphatic carbocycles. The summed E-state index contributed by atoms with van der Waals surface area (Å²) in [4.78, 5) is 20.5. The van der Waals surface area contributed by atoms with Crippen LogP contribution in [0.1, 0.15) is 7.43 Å².